The summed E-state index contributed by atoms with van der Waals surface area (Å²) in [5.41, 5.74) is 4.65. The third-order valence-electron chi connectivity index (χ3n) is 4.58. The molecular formula is C20H25N3O. The molecule has 1 aliphatic heterocycles. The fourth-order valence-electron chi connectivity index (χ4n) is 3.06. The van der Waals surface area contributed by atoms with E-state index in [1.807, 2.05) is 11.0 Å². The number of piperazine rings is 1. The Morgan fingerprint density at radius 3 is 2.42 bits per heavy atom. The third kappa shape index (κ3) is 3.88. The van der Waals surface area contributed by atoms with Crippen LogP contribution in [-0.4, -0.2) is 43.5 Å². The van der Waals surface area contributed by atoms with Gasteiger partial charge in [-0.2, -0.15) is 0 Å². The summed E-state index contributed by atoms with van der Waals surface area (Å²) >= 11 is 0. The van der Waals surface area contributed by atoms with E-state index in [-0.39, 0.29) is 5.91 Å². The fourth-order valence-corrected chi connectivity index (χ4v) is 3.06. The van der Waals surface area contributed by atoms with E-state index in [4.69, 9.17) is 0 Å². The van der Waals surface area contributed by atoms with Gasteiger partial charge in [0.05, 0.1) is 6.54 Å². The van der Waals surface area contributed by atoms with Gasteiger partial charge >= 0.3 is 0 Å². The highest BCUT2D eigenvalue weighted by Gasteiger charge is 2.21. The van der Waals surface area contributed by atoms with E-state index in [1.165, 1.54) is 16.8 Å². The van der Waals surface area contributed by atoms with Crippen molar-refractivity contribution in [1.82, 2.24) is 4.90 Å². The molecule has 2 aromatic carbocycles. The van der Waals surface area contributed by atoms with Crippen molar-refractivity contribution in [3.05, 3.63) is 59.7 Å². The monoisotopic (exact) mass is 323 g/mol. The molecule has 3 rings (SSSR count). The van der Waals surface area contributed by atoms with E-state index in [0.717, 1.165) is 31.9 Å². The Bertz CT molecular complexity index is 691. The van der Waals surface area contributed by atoms with Gasteiger partial charge in [0.25, 0.3) is 0 Å². The van der Waals surface area contributed by atoms with Crippen LogP contribution in [0.25, 0.3) is 0 Å². The first-order valence-corrected chi connectivity index (χ1v) is 8.52. The average molecular weight is 323 g/mol. The Labute approximate surface area is 144 Å². The second kappa shape index (κ2) is 7.39. The summed E-state index contributed by atoms with van der Waals surface area (Å²) in [7, 11) is 0. The van der Waals surface area contributed by atoms with Crippen LogP contribution in [0.2, 0.25) is 0 Å². The van der Waals surface area contributed by atoms with E-state index in [0.29, 0.717) is 6.54 Å². The van der Waals surface area contributed by atoms with Crippen LogP contribution in [-0.2, 0) is 4.79 Å². The van der Waals surface area contributed by atoms with Crippen LogP contribution < -0.4 is 10.2 Å². The molecule has 126 valence electrons. The lowest BCUT2D eigenvalue weighted by Gasteiger charge is -2.36. The van der Waals surface area contributed by atoms with Crippen LogP contribution in [0.1, 0.15) is 11.1 Å². The quantitative estimate of drug-likeness (QED) is 0.939. The average Bonchev–Trinajstić information content (AvgIpc) is 2.63. The fraction of sp³-hybridized carbons (Fsp3) is 0.350. The number of amides is 1. The summed E-state index contributed by atoms with van der Waals surface area (Å²) in [6.07, 6.45) is 0. The number of nitrogens with one attached hydrogen (secondary N) is 1. The summed E-state index contributed by atoms with van der Waals surface area (Å²) < 4.78 is 0. The highest BCUT2D eigenvalue weighted by Crippen LogP contribution is 2.17. The summed E-state index contributed by atoms with van der Waals surface area (Å²) in [5.74, 6) is 0.170. The minimum atomic E-state index is 0.170. The molecule has 0 aromatic heterocycles. The van der Waals surface area contributed by atoms with Gasteiger partial charge in [0.15, 0.2) is 0 Å². The van der Waals surface area contributed by atoms with Gasteiger partial charge in [0.2, 0.25) is 5.91 Å². The molecule has 4 nitrogen and oxygen atoms in total. The van der Waals surface area contributed by atoms with Gasteiger partial charge in [-0.25, -0.2) is 0 Å². The predicted molar refractivity (Wildman–Crippen MR) is 99.6 cm³/mol. The van der Waals surface area contributed by atoms with Gasteiger partial charge in [-0.15, -0.1) is 0 Å². The third-order valence-corrected chi connectivity index (χ3v) is 4.58. The van der Waals surface area contributed by atoms with Crippen LogP contribution in [0.4, 0.5) is 11.4 Å². The number of anilines is 2. The lowest BCUT2D eigenvalue weighted by atomic mass is 10.1. The molecule has 1 fully saturated rings. The van der Waals surface area contributed by atoms with E-state index in [2.05, 4.69) is 66.5 Å². The van der Waals surface area contributed by atoms with Gasteiger partial charge in [0.1, 0.15) is 0 Å². The Kier molecular flexibility index (Phi) is 5.04. The second-order valence-electron chi connectivity index (χ2n) is 6.38. The molecule has 1 saturated heterocycles. The molecule has 1 N–H and O–H groups in total. The zero-order chi connectivity index (χ0) is 16.9. The topological polar surface area (TPSA) is 35.6 Å². The minimum Gasteiger partial charge on any atom is -0.376 e. The largest absolute Gasteiger partial charge is 0.376 e. The number of carbonyl (C=O) groups is 1. The van der Waals surface area contributed by atoms with Gasteiger partial charge in [-0.3, -0.25) is 4.79 Å². The maximum absolute atomic E-state index is 12.5. The summed E-state index contributed by atoms with van der Waals surface area (Å²) in [6.45, 7) is 7.82. The molecule has 0 radical (unpaired) electrons. The van der Waals surface area contributed by atoms with Crippen LogP contribution >= 0.6 is 0 Å². The van der Waals surface area contributed by atoms with Crippen molar-refractivity contribution in [2.45, 2.75) is 13.8 Å². The standard InChI is InChI=1S/C20H25N3O/c1-16-8-9-17(2)19(14-16)21-15-20(24)23-12-10-22(11-13-23)18-6-4-3-5-7-18/h3-9,14,21H,10-13,15H2,1-2H3. The maximum Gasteiger partial charge on any atom is 0.241 e. The molecular weight excluding hydrogens is 298 g/mol. The van der Waals surface area contributed by atoms with Gasteiger partial charge in [-0.1, -0.05) is 30.3 Å². The number of hydrogen-bond donors (Lipinski definition) is 1. The second-order valence-corrected chi connectivity index (χ2v) is 6.38. The van der Waals surface area contributed by atoms with Crippen molar-refractivity contribution in [3.63, 3.8) is 0 Å². The zero-order valence-corrected chi connectivity index (χ0v) is 14.5. The highest BCUT2D eigenvalue weighted by atomic mass is 16.2. The molecule has 4 heteroatoms. The number of rotatable bonds is 4. The Balaban J connectivity index is 1.51. The van der Waals surface area contributed by atoms with Crippen molar-refractivity contribution in [1.29, 1.82) is 0 Å². The number of hydrogen-bond acceptors (Lipinski definition) is 3. The molecule has 0 saturated carbocycles. The Morgan fingerprint density at radius 2 is 1.71 bits per heavy atom. The lowest BCUT2D eigenvalue weighted by Crippen LogP contribution is -2.50. The first kappa shape index (κ1) is 16.4. The van der Waals surface area contributed by atoms with Gasteiger partial charge in [-0.05, 0) is 43.2 Å². The van der Waals surface area contributed by atoms with Crippen molar-refractivity contribution in [2.24, 2.45) is 0 Å². The summed E-state index contributed by atoms with van der Waals surface area (Å²) in [6, 6.07) is 16.7. The number of nitrogens with zero attached hydrogens (tertiary/aromatic N) is 2. The number of benzene rings is 2. The van der Waals surface area contributed by atoms with E-state index >= 15 is 0 Å². The molecule has 0 spiro atoms. The van der Waals surface area contributed by atoms with E-state index in [1.54, 1.807) is 0 Å². The minimum absolute atomic E-state index is 0.170. The highest BCUT2D eigenvalue weighted by molar-refractivity contribution is 5.81. The molecule has 1 amide bonds. The predicted octanol–water partition coefficient (Wildman–Crippen LogP) is 3.06. The first-order chi connectivity index (χ1) is 11.6. The smallest absolute Gasteiger partial charge is 0.241 e. The number of aryl methyl sites for hydroxylation is 2. The molecule has 0 aliphatic carbocycles. The maximum atomic E-state index is 12.5. The van der Waals surface area contributed by atoms with Gasteiger partial charge in [0, 0.05) is 37.6 Å². The van der Waals surface area contributed by atoms with Crippen molar-refractivity contribution < 1.29 is 4.79 Å². The van der Waals surface area contributed by atoms with Crippen LogP contribution in [0.3, 0.4) is 0 Å². The lowest BCUT2D eigenvalue weighted by molar-refractivity contribution is -0.129. The molecule has 0 bridgehead atoms. The first-order valence-electron chi connectivity index (χ1n) is 8.52. The zero-order valence-electron chi connectivity index (χ0n) is 14.5. The SMILES string of the molecule is Cc1ccc(C)c(NCC(=O)N2CCN(c3ccccc3)CC2)c1. The molecule has 0 atom stereocenters. The van der Waals surface area contributed by atoms with Crippen molar-refractivity contribution in [3.8, 4) is 0 Å². The van der Waals surface area contributed by atoms with Crippen molar-refractivity contribution >= 4 is 17.3 Å². The summed E-state index contributed by atoms with van der Waals surface area (Å²) in [4.78, 5) is 16.7. The number of carbonyl (C=O) groups excluding carboxylic acids is 1. The van der Waals surface area contributed by atoms with Crippen LogP contribution in [0, 0.1) is 13.8 Å². The normalized spacial score (nSPS) is 14.6. The Hall–Kier alpha value is -2.49. The molecule has 2 aromatic rings. The number of para-hydroxylation sites is 1. The van der Waals surface area contributed by atoms with Crippen LogP contribution in [0.15, 0.2) is 48.5 Å². The van der Waals surface area contributed by atoms with Crippen LogP contribution in [0.5, 0.6) is 0 Å². The van der Waals surface area contributed by atoms with E-state index < -0.39 is 0 Å². The van der Waals surface area contributed by atoms with Crippen molar-refractivity contribution in [2.75, 3.05) is 42.9 Å². The molecule has 1 heterocycles. The van der Waals surface area contributed by atoms with Gasteiger partial charge < -0.3 is 15.1 Å². The Morgan fingerprint density at radius 1 is 1.00 bits per heavy atom. The molecule has 0 unspecified atom stereocenters. The molecule has 24 heavy (non-hydrogen) atoms. The van der Waals surface area contributed by atoms with E-state index in [9.17, 15) is 4.79 Å². The molecule has 1 aliphatic rings. The summed E-state index contributed by atoms with van der Waals surface area (Å²) in [5, 5.41) is 3.29.